The molecule has 0 aromatic heterocycles. The van der Waals surface area contributed by atoms with Gasteiger partial charge in [-0.25, -0.2) is 4.39 Å². The molecule has 0 aliphatic carbocycles. The third-order valence-corrected chi connectivity index (χ3v) is 2.71. The highest BCUT2D eigenvalue weighted by atomic mass is 19.1. The Morgan fingerprint density at radius 3 is 2.56 bits per heavy atom. The summed E-state index contributed by atoms with van der Waals surface area (Å²) in [4.78, 5) is 0. The van der Waals surface area contributed by atoms with Gasteiger partial charge in [0, 0.05) is 11.7 Å². The molecule has 2 N–H and O–H groups in total. The van der Waals surface area contributed by atoms with Gasteiger partial charge < -0.3 is 10.4 Å². The fourth-order valence-corrected chi connectivity index (χ4v) is 1.91. The monoisotopic (exact) mass is 245 g/mol. The van der Waals surface area contributed by atoms with E-state index in [-0.39, 0.29) is 17.6 Å². The van der Waals surface area contributed by atoms with Gasteiger partial charge in [0.1, 0.15) is 11.6 Å². The van der Waals surface area contributed by atoms with Crippen molar-refractivity contribution in [2.75, 3.05) is 5.32 Å². The summed E-state index contributed by atoms with van der Waals surface area (Å²) in [6, 6.07) is 13.7. The lowest BCUT2D eigenvalue weighted by Gasteiger charge is -2.15. The Morgan fingerprint density at radius 2 is 1.89 bits per heavy atom. The molecule has 0 fully saturated rings. The minimum Gasteiger partial charge on any atom is -0.508 e. The van der Waals surface area contributed by atoms with Crippen LogP contribution in [0.4, 0.5) is 10.1 Å². The van der Waals surface area contributed by atoms with Gasteiger partial charge in [-0.05, 0) is 55.3 Å². The third kappa shape index (κ3) is 3.48. The predicted molar refractivity (Wildman–Crippen MR) is 71.3 cm³/mol. The van der Waals surface area contributed by atoms with E-state index in [1.165, 1.54) is 6.07 Å². The van der Waals surface area contributed by atoms with E-state index in [4.69, 9.17) is 0 Å². The largest absolute Gasteiger partial charge is 0.508 e. The van der Waals surface area contributed by atoms with Crippen LogP contribution < -0.4 is 5.32 Å². The fraction of sp³-hybridized carbons (Fsp3) is 0.200. The number of benzene rings is 2. The van der Waals surface area contributed by atoms with Gasteiger partial charge in [-0.2, -0.15) is 0 Å². The number of aromatic hydroxyl groups is 1. The van der Waals surface area contributed by atoms with E-state index in [2.05, 4.69) is 5.32 Å². The molecule has 2 aromatic carbocycles. The summed E-state index contributed by atoms with van der Waals surface area (Å²) in [7, 11) is 0. The van der Waals surface area contributed by atoms with Gasteiger partial charge in [0.25, 0.3) is 0 Å². The summed E-state index contributed by atoms with van der Waals surface area (Å²) >= 11 is 0. The van der Waals surface area contributed by atoms with Gasteiger partial charge in [0.05, 0.1) is 0 Å². The molecule has 94 valence electrons. The Bertz CT molecular complexity index is 510. The molecular weight excluding hydrogens is 229 g/mol. The normalized spacial score (nSPS) is 12.1. The fourth-order valence-electron chi connectivity index (χ4n) is 1.91. The second kappa shape index (κ2) is 5.54. The van der Waals surface area contributed by atoms with E-state index in [1.54, 1.807) is 24.3 Å². The second-order valence-corrected chi connectivity index (χ2v) is 4.43. The van der Waals surface area contributed by atoms with Gasteiger partial charge in [-0.3, -0.25) is 0 Å². The maximum absolute atomic E-state index is 13.0. The number of phenolic OH excluding ortho intramolecular Hbond substituents is 1. The first kappa shape index (κ1) is 12.4. The first-order valence-corrected chi connectivity index (χ1v) is 5.93. The van der Waals surface area contributed by atoms with Gasteiger partial charge >= 0.3 is 0 Å². The van der Waals surface area contributed by atoms with Crippen molar-refractivity contribution in [3.8, 4) is 5.75 Å². The molecular formula is C15H16FNO. The lowest BCUT2D eigenvalue weighted by atomic mass is 10.1. The Kier molecular flexibility index (Phi) is 3.82. The average molecular weight is 245 g/mol. The molecule has 18 heavy (non-hydrogen) atoms. The van der Waals surface area contributed by atoms with E-state index < -0.39 is 0 Å². The van der Waals surface area contributed by atoms with Gasteiger partial charge in [-0.15, -0.1) is 0 Å². The number of nitrogens with one attached hydrogen (secondary N) is 1. The van der Waals surface area contributed by atoms with Crippen molar-refractivity contribution in [2.24, 2.45) is 0 Å². The van der Waals surface area contributed by atoms with Crippen LogP contribution in [-0.2, 0) is 6.42 Å². The van der Waals surface area contributed by atoms with Crippen molar-refractivity contribution in [1.82, 2.24) is 0 Å². The minimum atomic E-state index is -0.204. The molecule has 2 aromatic rings. The van der Waals surface area contributed by atoms with Crippen LogP contribution in [-0.4, -0.2) is 11.1 Å². The smallest absolute Gasteiger partial charge is 0.123 e. The van der Waals surface area contributed by atoms with Crippen LogP contribution in [0.5, 0.6) is 5.75 Å². The summed E-state index contributed by atoms with van der Waals surface area (Å²) in [5, 5.41) is 12.5. The molecule has 0 bridgehead atoms. The minimum absolute atomic E-state index is 0.191. The maximum atomic E-state index is 13.0. The molecule has 2 nitrogen and oxygen atoms in total. The number of hydrogen-bond donors (Lipinski definition) is 2. The van der Waals surface area contributed by atoms with E-state index in [9.17, 15) is 9.50 Å². The molecule has 3 heteroatoms. The van der Waals surface area contributed by atoms with Crippen LogP contribution in [0.3, 0.4) is 0 Å². The molecule has 1 atom stereocenters. The summed E-state index contributed by atoms with van der Waals surface area (Å²) in [5.74, 6) is 0.0441. The molecule has 1 unspecified atom stereocenters. The van der Waals surface area contributed by atoms with Crippen LogP contribution in [0.2, 0.25) is 0 Å². The summed E-state index contributed by atoms with van der Waals surface area (Å²) in [5.41, 5.74) is 1.91. The standard InChI is InChI=1S/C15H16FNO/c1-11(9-12-3-2-4-13(16)10-12)17-14-5-7-15(18)8-6-14/h2-8,10-11,17-18H,9H2,1H3. The highest BCUT2D eigenvalue weighted by Crippen LogP contribution is 2.16. The molecule has 2 rings (SSSR count). The van der Waals surface area contributed by atoms with Crippen molar-refractivity contribution in [3.63, 3.8) is 0 Å². The second-order valence-electron chi connectivity index (χ2n) is 4.43. The highest BCUT2D eigenvalue weighted by molar-refractivity contribution is 5.46. The maximum Gasteiger partial charge on any atom is 0.123 e. The summed E-state index contributed by atoms with van der Waals surface area (Å²) < 4.78 is 13.0. The molecule has 0 spiro atoms. The topological polar surface area (TPSA) is 32.3 Å². The quantitative estimate of drug-likeness (QED) is 0.807. The van der Waals surface area contributed by atoms with Crippen molar-refractivity contribution in [2.45, 2.75) is 19.4 Å². The zero-order valence-corrected chi connectivity index (χ0v) is 10.2. The summed E-state index contributed by atoms with van der Waals surface area (Å²) in [6.45, 7) is 2.04. The molecule has 0 heterocycles. The SMILES string of the molecule is CC(Cc1cccc(F)c1)Nc1ccc(O)cc1. The lowest BCUT2D eigenvalue weighted by Crippen LogP contribution is -2.17. The predicted octanol–water partition coefficient (Wildman–Crippen LogP) is 3.57. The van der Waals surface area contributed by atoms with Crippen molar-refractivity contribution < 1.29 is 9.50 Å². The molecule has 0 aliphatic rings. The highest BCUT2D eigenvalue weighted by Gasteiger charge is 2.04. The van der Waals surface area contributed by atoms with Gasteiger partial charge in [-0.1, -0.05) is 12.1 Å². The van der Waals surface area contributed by atoms with Crippen molar-refractivity contribution in [3.05, 3.63) is 59.9 Å². The molecule has 0 saturated carbocycles. The number of phenols is 1. The van der Waals surface area contributed by atoms with Crippen LogP contribution in [0.25, 0.3) is 0 Å². The van der Waals surface area contributed by atoms with E-state index in [0.717, 1.165) is 17.7 Å². The van der Waals surface area contributed by atoms with Crippen LogP contribution >= 0.6 is 0 Å². The Balaban J connectivity index is 1.96. The van der Waals surface area contributed by atoms with Crippen LogP contribution in [0, 0.1) is 5.82 Å². The number of hydrogen-bond acceptors (Lipinski definition) is 2. The van der Waals surface area contributed by atoms with Crippen molar-refractivity contribution >= 4 is 5.69 Å². The summed E-state index contributed by atoms with van der Waals surface area (Å²) in [6.07, 6.45) is 0.749. The lowest BCUT2D eigenvalue weighted by molar-refractivity contribution is 0.475. The van der Waals surface area contributed by atoms with Crippen LogP contribution in [0.15, 0.2) is 48.5 Å². The number of halogens is 1. The molecule has 0 radical (unpaired) electrons. The van der Waals surface area contributed by atoms with E-state index >= 15 is 0 Å². The molecule has 0 aliphatic heterocycles. The van der Waals surface area contributed by atoms with Gasteiger partial charge in [0.15, 0.2) is 0 Å². The molecule has 0 saturated heterocycles. The zero-order chi connectivity index (χ0) is 13.0. The molecule has 0 amide bonds. The zero-order valence-electron chi connectivity index (χ0n) is 10.2. The first-order valence-electron chi connectivity index (χ1n) is 5.93. The number of rotatable bonds is 4. The Labute approximate surface area is 106 Å². The third-order valence-electron chi connectivity index (χ3n) is 2.71. The van der Waals surface area contributed by atoms with Gasteiger partial charge in [0.2, 0.25) is 0 Å². The van der Waals surface area contributed by atoms with E-state index in [1.807, 2.05) is 25.1 Å². The number of anilines is 1. The average Bonchev–Trinajstić information content (AvgIpc) is 2.32. The first-order chi connectivity index (χ1) is 8.63. The van der Waals surface area contributed by atoms with E-state index in [0.29, 0.717) is 0 Å². The Morgan fingerprint density at radius 1 is 1.17 bits per heavy atom. The van der Waals surface area contributed by atoms with Crippen molar-refractivity contribution in [1.29, 1.82) is 0 Å². The Hall–Kier alpha value is -2.03. The van der Waals surface area contributed by atoms with Crippen LogP contribution in [0.1, 0.15) is 12.5 Å².